The number of ether oxygens (including phenoxy) is 1. The van der Waals surface area contributed by atoms with Crippen LogP contribution in [0.15, 0.2) is 18.2 Å². The quantitative estimate of drug-likeness (QED) is 0.832. The summed E-state index contributed by atoms with van der Waals surface area (Å²) >= 11 is 0. The predicted molar refractivity (Wildman–Crippen MR) is 61.1 cm³/mol. The highest BCUT2D eigenvalue weighted by Crippen LogP contribution is 2.21. The van der Waals surface area contributed by atoms with Gasteiger partial charge in [0.2, 0.25) is 0 Å². The molecule has 0 spiro atoms. The van der Waals surface area contributed by atoms with Crippen molar-refractivity contribution in [3.8, 4) is 5.75 Å². The van der Waals surface area contributed by atoms with Crippen molar-refractivity contribution >= 4 is 0 Å². The number of hydrogen-bond donors (Lipinski definition) is 1. The summed E-state index contributed by atoms with van der Waals surface area (Å²) in [6.07, 6.45) is -0.796. The molecule has 0 saturated carbocycles. The van der Waals surface area contributed by atoms with Gasteiger partial charge in [-0.1, -0.05) is 0 Å². The molecule has 90 valence electrons. The van der Waals surface area contributed by atoms with Gasteiger partial charge in [0.1, 0.15) is 18.2 Å². The van der Waals surface area contributed by atoms with Crippen molar-refractivity contribution in [2.45, 2.75) is 13.0 Å². The molecule has 16 heavy (non-hydrogen) atoms. The van der Waals surface area contributed by atoms with E-state index in [1.165, 1.54) is 13.0 Å². The molecule has 1 rings (SSSR count). The zero-order valence-corrected chi connectivity index (χ0v) is 9.90. The molecule has 0 aliphatic heterocycles. The first kappa shape index (κ1) is 12.9. The summed E-state index contributed by atoms with van der Waals surface area (Å²) in [4.78, 5) is 1.99. The second kappa shape index (κ2) is 5.82. The van der Waals surface area contributed by atoms with Crippen LogP contribution in [0.4, 0.5) is 4.39 Å². The highest BCUT2D eigenvalue weighted by Gasteiger charge is 2.08. The number of nitrogens with zero attached hydrogens (tertiary/aromatic N) is 1. The number of aliphatic hydroxyl groups excluding tert-OH is 1. The van der Waals surface area contributed by atoms with Crippen LogP contribution in [0, 0.1) is 5.82 Å². The number of hydrogen-bond acceptors (Lipinski definition) is 3. The largest absolute Gasteiger partial charge is 0.492 e. The SMILES string of the molecule is CC(O)c1ccc(OCCN(C)C)cc1F. The molecule has 0 aliphatic rings. The number of aliphatic hydroxyl groups is 1. The fraction of sp³-hybridized carbons (Fsp3) is 0.500. The van der Waals surface area contributed by atoms with Gasteiger partial charge < -0.3 is 14.7 Å². The Bertz CT molecular complexity index is 340. The predicted octanol–water partition coefficient (Wildman–Crippen LogP) is 1.82. The third-order valence-electron chi connectivity index (χ3n) is 2.23. The van der Waals surface area contributed by atoms with E-state index in [4.69, 9.17) is 4.74 Å². The van der Waals surface area contributed by atoms with Gasteiger partial charge in [0.05, 0.1) is 6.10 Å². The molecule has 1 aromatic carbocycles. The van der Waals surface area contributed by atoms with E-state index in [0.717, 1.165) is 6.54 Å². The summed E-state index contributed by atoms with van der Waals surface area (Å²) in [6.45, 7) is 2.82. The van der Waals surface area contributed by atoms with Gasteiger partial charge in [0, 0.05) is 18.2 Å². The Kier molecular flexibility index (Phi) is 4.71. The zero-order chi connectivity index (χ0) is 12.1. The molecule has 0 aliphatic carbocycles. The molecule has 0 fully saturated rings. The zero-order valence-electron chi connectivity index (χ0n) is 9.90. The van der Waals surface area contributed by atoms with Gasteiger partial charge >= 0.3 is 0 Å². The van der Waals surface area contributed by atoms with E-state index >= 15 is 0 Å². The molecule has 3 nitrogen and oxygen atoms in total. The third kappa shape index (κ3) is 3.79. The van der Waals surface area contributed by atoms with Gasteiger partial charge in [-0.25, -0.2) is 4.39 Å². The molecule has 0 bridgehead atoms. The van der Waals surface area contributed by atoms with Crippen LogP contribution in [-0.2, 0) is 0 Å². The fourth-order valence-electron chi connectivity index (χ4n) is 1.28. The van der Waals surface area contributed by atoms with E-state index in [9.17, 15) is 9.50 Å². The van der Waals surface area contributed by atoms with E-state index in [1.54, 1.807) is 12.1 Å². The second-order valence-corrected chi connectivity index (χ2v) is 4.01. The van der Waals surface area contributed by atoms with E-state index in [-0.39, 0.29) is 0 Å². The van der Waals surface area contributed by atoms with E-state index in [0.29, 0.717) is 17.9 Å². The minimum Gasteiger partial charge on any atom is -0.492 e. The van der Waals surface area contributed by atoms with Gasteiger partial charge in [0.15, 0.2) is 0 Å². The summed E-state index contributed by atoms with van der Waals surface area (Å²) in [5, 5.41) is 9.26. The summed E-state index contributed by atoms with van der Waals surface area (Å²) in [6, 6.07) is 4.52. The topological polar surface area (TPSA) is 32.7 Å². The number of benzene rings is 1. The molecular weight excluding hydrogens is 209 g/mol. The lowest BCUT2D eigenvalue weighted by molar-refractivity contribution is 0.193. The first-order chi connectivity index (χ1) is 7.50. The Morgan fingerprint density at radius 2 is 2.12 bits per heavy atom. The maximum absolute atomic E-state index is 13.4. The van der Waals surface area contributed by atoms with Crippen LogP contribution < -0.4 is 4.74 Å². The first-order valence-electron chi connectivity index (χ1n) is 5.25. The smallest absolute Gasteiger partial charge is 0.132 e. The van der Waals surface area contributed by atoms with Crippen molar-refractivity contribution in [1.29, 1.82) is 0 Å². The summed E-state index contributed by atoms with van der Waals surface area (Å²) in [7, 11) is 3.89. The van der Waals surface area contributed by atoms with Crippen molar-refractivity contribution in [1.82, 2.24) is 4.90 Å². The summed E-state index contributed by atoms with van der Waals surface area (Å²) in [5.41, 5.74) is 0.292. The Hall–Kier alpha value is -1.13. The van der Waals surface area contributed by atoms with Gasteiger partial charge in [-0.2, -0.15) is 0 Å². The molecule has 4 heteroatoms. The molecule has 1 aromatic rings. The molecule has 0 heterocycles. The van der Waals surface area contributed by atoms with Gasteiger partial charge in [-0.05, 0) is 33.2 Å². The first-order valence-corrected chi connectivity index (χ1v) is 5.25. The number of rotatable bonds is 5. The van der Waals surface area contributed by atoms with E-state index < -0.39 is 11.9 Å². The van der Waals surface area contributed by atoms with Crippen LogP contribution in [0.2, 0.25) is 0 Å². The van der Waals surface area contributed by atoms with Crippen LogP contribution in [-0.4, -0.2) is 37.3 Å². The van der Waals surface area contributed by atoms with Crippen molar-refractivity contribution in [3.63, 3.8) is 0 Å². The Labute approximate surface area is 95.5 Å². The van der Waals surface area contributed by atoms with Crippen LogP contribution in [0.3, 0.4) is 0 Å². The molecule has 0 amide bonds. The Morgan fingerprint density at radius 1 is 1.44 bits per heavy atom. The monoisotopic (exact) mass is 227 g/mol. The normalized spacial score (nSPS) is 12.9. The average Bonchev–Trinajstić information content (AvgIpc) is 2.16. The van der Waals surface area contributed by atoms with Crippen molar-refractivity contribution in [3.05, 3.63) is 29.6 Å². The number of halogens is 1. The number of likely N-dealkylation sites (N-methyl/N-ethyl adjacent to an activating group) is 1. The summed E-state index contributed by atoms with van der Waals surface area (Å²) < 4.78 is 18.8. The molecule has 0 radical (unpaired) electrons. The third-order valence-corrected chi connectivity index (χ3v) is 2.23. The van der Waals surface area contributed by atoms with Crippen LogP contribution >= 0.6 is 0 Å². The molecule has 1 N–H and O–H groups in total. The second-order valence-electron chi connectivity index (χ2n) is 4.01. The van der Waals surface area contributed by atoms with E-state index in [2.05, 4.69) is 0 Å². The fourth-order valence-corrected chi connectivity index (χ4v) is 1.28. The minimum atomic E-state index is -0.796. The van der Waals surface area contributed by atoms with Crippen LogP contribution in [0.5, 0.6) is 5.75 Å². The van der Waals surface area contributed by atoms with Gasteiger partial charge in [-0.3, -0.25) is 0 Å². The highest BCUT2D eigenvalue weighted by atomic mass is 19.1. The maximum atomic E-state index is 13.4. The molecule has 1 unspecified atom stereocenters. The molecular formula is C12H18FNO2. The summed E-state index contributed by atoms with van der Waals surface area (Å²) in [5.74, 6) is 0.0566. The lowest BCUT2D eigenvalue weighted by Crippen LogP contribution is -2.19. The highest BCUT2D eigenvalue weighted by molar-refractivity contribution is 5.29. The van der Waals surface area contributed by atoms with Crippen molar-refractivity contribution < 1.29 is 14.2 Å². The van der Waals surface area contributed by atoms with Crippen LogP contribution in [0.1, 0.15) is 18.6 Å². The Balaban J connectivity index is 2.59. The molecule has 1 atom stereocenters. The van der Waals surface area contributed by atoms with Crippen molar-refractivity contribution in [2.24, 2.45) is 0 Å². The average molecular weight is 227 g/mol. The van der Waals surface area contributed by atoms with E-state index in [1.807, 2.05) is 19.0 Å². The lowest BCUT2D eigenvalue weighted by atomic mass is 10.1. The molecule has 0 saturated heterocycles. The molecule has 0 aromatic heterocycles. The van der Waals surface area contributed by atoms with Gasteiger partial charge in [-0.15, -0.1) is 0 Å². The van der Waals surface area contributed by atoms with Crippen LogP contribution in [0.25, 0.3) is 0 Å². The standard InChI is InChI=1S/C12H18FNO2/c1-9(15)11-5-4-10(8-12(11)13)16-7-6-14(2)3/h4-5,8-9,15H,6-7H2,1-3H3. The minimum absolute atomic E-state index is 0.292. The maximum Gasteiger partial charge on any atom is 0.132 e. The van der Waals surface area contributed by atoms with Crippen molar-refractivity contribution in [2.75, 3.05) is 27.2 Å². The Morgan fingerprint density at radius 3 is 2.62 bits per heavy atom. The lowest BCUT2D eigenvalue weighted by Gasteiger charge is -2.12. The van der Waals surface area contributed by atoms with Gasteiger partial charge in [0.25, 0.3) is 0 Å².